The van der Waals surface area contributed by atoms with E-state index in [-0.39, 0.29) is 36.1 Å². The molecule has 2 aromatic rings. The van der Waals surface area contributed by atoms with Crippen LogP contribution < -0.4 is 0 Å². The number of piperazine rings is 1. The van der Waals surface area contributed by atoms with Crippen molar-refractivity contribution in [2.75, 3.05) is 20.2 Å². The Labute approximate surface area is 181 Å². The third-order valence-electron chi connectivity index (χ3n) is 6.48. The smallest absolute Gasteiger partial charge is 0.284 e. The summed E-state index contributed by atoms with van der Waals surface area (Å²) >= 11 is 0. The summed E-state index contributed by atoms with van der Waals surface area (Å²) in [6.07, 6.45) is 0.793. The third-order valence-corrected chi connectivity index (χ3v) is 6.48. The lowest BCUT2D eigenvalue weighted by atomic mass is 9.80. The van der Waals surface area contributed by atoms with Gasteiger partial charge in [-0.25, -0.2) is 8.78 Å². The molecule has 0 spiro atoms. The molecule has 0 aromatic heterocycles. The van der Waals surface area contributed by atoms with Crippen molar-refractivity contribution < 1.29 is 18.3 Å². The lowest BCUT2D eigenvalue weighted by Gasteiger charge is -2.46. The van der Waals surface area contributed by atoms with Crippen LogP contribution in [0.2, 0.25) is 0 Å². The van der Waals surface area contributed by atoms with Crippen LogP contribution in [0.4, 0.5) is 8.78 Å². The Hall–Kier alpha value is -2.96. The van der Waals surface area contributed by atoms with E-state index in [1.54, 1.807) is 21.9 Å². The second-order valence-electron chi connectivity index (χ2n) is 8.44. The average molecular weight is 427 g/mol. The number of carbonyl (C=O) groups excluding carboxylic acids is 1. The summed E-state index contributed by atoms with van der Waals surface area (Å²) in [6.45, 7) is 4.21. The van der Waals surface area contributed by atoms with E-state index in [2.05, 4.69) is 0 Å². The molecule has 0 bridgehead atoms. The number of nitrogens with zero attached hydrogens (tertiary/aromatic N) is 2. The molecule has 1 heterocycles. The first-order valence-electron chi connectivity index (χ1n) is 10.6. The van der Waals surface area contributed by atoms with Crippen molar-refractivity contribution >= 4 is 11.9 Å². The molecule has 0 radical (unpaired) electrons. The van der Waals surface area contributed by atoms with E-state index in [4.69, 9.17) is 10.1 Å². The van der Waals surface area contributed by atoms with Gasteiger partial charge in [-0.3, -0.25) is 10.2 Å². The Morgan fingerprint density at radius 2 is 1.61 bits per heavy atom. The highest BCUT2D eigenvalue weighted by atomic mass is 19.1. The van der Waals surface area contributed by atoms with Gasteiger partial charge in [-0.2, -0.15) is 0 Å². The monoisotopic (exact) mass is 427 g/mol. The normalized spacial score (nSPS) is 19.2. The van der Waals surface area contributed by atoms with Crippen molar-refractivity contribution in [1.82, 2.24) is 9.80 Å². The Bertz CT molecular complexity index is 970. The van der Waals surface area contributed by atoms with E-state index in [1.807, 2.05) is 26.0 Å². The van der Waals surface area contributed by atoms with Crippen molar-refractivity contribution in [3.8, 4) is 0 Å². The number of ether oxygens (including phenoxy) is 1. The minimum Gasteiger partial charge on any atom is -0.469 e. The maximum atomic E-state index is 14.9. The fourth-order valence-corrected chi connectivity index (χ4v) is 4.97. The molecule has 1 N–H and O–H groups in total. The number of hydrogen-bond donors (Lipinski definition) is 1. The molecule has 1 saturated heterocycles. The summed E-state index contributed by atoms with van der Waals surface area (Å²) in [5, 5.41) is 8.34. The number of benzene rings is 2. The highest BCUT2D eigenvalue weighted by molar-refractivity contribution is 5.85. The van der Waals surface area contributed by atoms with E-state index in [0.29, 0.717) is 30.5 Å². The van der Waals surface area contributed by atoms with Gasteiger partial charge in [-0.1, -0.05) is 24.3 Å². The zero-order valence-corrected chi connectivity index (χ0v) is 18.0. The van der Waals surface area contributed by atoms with Gasteiger partial charge in [-0.05, 0) is 61.1 Å². The summed E-state index contributed by atoms with van der Waals surface area (Å²) in [7, 11) is 1.40. The first-order valence-corrected chi connectivity index (χ1v) is 10.6. The van der Waals surface area contributed by atoms with Crippen LogP contribution in [0.1, 0.15) is 42.0 Å². The van der Waals surface area contributed by atoms with Gasteiger partial charge in [0.1, 0.15) is 18.2 Å². The van der Waals surface area contributed by atoms with Gasteiger partial charge in [0, 0.05) is 18.5 Å². The molecule has 1 aliphatic heterocycles. The quantitative estimate of drug-likeness (QED) is 0.587. The van der Waals surface area contributed by atoms with Crippen LogP contribution in [0.5, 0.6) is 0 Å². The molecule has 31 heavy (non-hydrogen) atoms. The number of halogens is 2. The molecule has 1 amide bonds. The Morgan fingerprint density at radius 1 is 1.06 bits per heavy atom. The number of carbonyl (C=O) groups is 1. The molecule has 4 rings (SSSR count). The highest BCUT2D eigenvalue weighted by Crippen LogP contribution is 2.41. The second kappa shape index (κ2) is 8.29. The summed E-state index contributed by atoms with van der Waals surface area (Å²) in [4.78, 5) is 16.2. The van der Waals surface area contributed by atoms with Crippen molar-refractivity contribution in [1.29, 1.82) is 5.41 Å². The predicted octanol–water partition coefficient (Wildman–Crippen LogP) is 3.70. The highest BCUT2D eigenvalue weighted by Gasteiger charge is 2.43. The lowest BCUT2D eigenvalue weighted by molar-refractivity contribution is -0.139. The van der Waals surface area contributed by atoms with Gasteiger partial charge in [0.15, 0.2) is 0 Å². The Kier molecular flexibility index (Phi) is 5.69. The number of fused-ring (bicyclic) bond motifs is 2. The van der Waals surface area contributed by atoms with Crippen LogP contribution in [-0.4, -0.2) is 54.0 Å². The molecule has 2 aliphatic rings. The van der Waals surface area contributed by atoms with Crippen LogP contribution in [-0.2, 0) is 22.4 Å². The van der Waals surface area contributed by atoms with Crippen molar-refractivity contribution in [2.45, 2.75) is 44.7 Å². The molecular formula is C24H27F2N3O2. The maximum Gasteiger partial charge on any atom is 0.284 e. The minimum absolute atomic E-state index is 0.0126. The molecule has 0 saturated carbocycles. The van der Waals surface area contributed by atoms with Crippen LogP contribution >= 0.6 is 0 Å². The first kappa shape index (κ1) is 21.3. The van der Waals surface area contributed by atoms with Gasteiger partial charge in [0.05, 0.1) is 13.2 Å². The second-order valence-corrected chi connectivity index (χ2v) is 8.44. The Balaban J connectivity index is 1.93. The van der Waals surface area contributed by atoms with Gasteiger partial charge in [0.2, 0.25) is 5.91 Å². The summed E-state index contributed by atoms with van der Waals surface area (Å²) in [6, 6.07) is 9.43. The van der Waals surface area contributed by atoms with E-state index in [0.717, 1.165) is 11.1 Å². The average Bonchev–Trinajstić information content (AvgIpc) is 2.91. The van der Waals surface area contributed by atoms with Gasteiger partial charge >= 0.3 is 0 Å². The van der Waals surface area contributed by atoms with Crippen LogP contribution in [0, 0.1) is 17.0 Å². The van der Waals surface area contributed by atoms with Crippen LogP contribution in [0.3, 0.4) is 0 Å². The number of nitrogens with one attached hydrogen (secondary N) is 1. The zero-order valence-electron chi connectivity index (χ0n) is 18.0. The molecular weight excluding hydrogens is 400 g/mol. The summed E-state index contributed by atoms with van der Waals surface area (Å²) in [5.41, 5.74) is 2.70. The maximum absolute atomic E-state index is 14.9. The molecule has 1 aliphatic carbocycles. The van der Waals surface area contributed by atoms with E-state index in [9.17, 15) is 13.6 Å². The van der Waals surface area contributed by atoms with E-state index >= 15 is 0 Å². The molecule has 1 unspecified atom stereocenters. The first-order chi connectivity index (χ1) is 14.8. The standard InChI is InChI=1S/C24H27F2N3O2/c1-14(2)28-12-21(29(13-22(28)30)24(27)31-3)23-17-6-4-8-19(25)15(17)10-11-16-18(23)7-5-9-20(16)26/h4-9,14,21,23,27H,10-13H2,1-3H3. The molecule has 164 valence electrons. The summed E-state index contributed by atoms with van der Waals surface area (Å²) < 4.78 is 34.9. The number of hydrogen-bond acceptors (Lipinski definition) is 3. The number of amidine groups is 1. The number of methoxy groups -OCH3 is 1. The molecule has 1 fully saturated rings. The van der Waals surface area contributed by atoms with Gasteiger partial charge in [0.25, 0.3) is 6.02 Å². The van der Waals surface area contributed by atoms with Crippen LogP contribution in [0.25, 0.3) is 0 Å². The third kappa shape index (κ3) is 3.66. The van der Waals surface area contributed by atoms with E-state index in [1.165, 1.54) is 19.2 Å². The SMILES string of the molecule is COC(=N)N1CC(=O)N(C(C)C)CC1C1c2cccc(F)c2CCc2c(F)cccc21. The topological polar surface area (TPSA) is 56.6 Å². The van der Waals surface area contributed by atoms with Crippen molar-refractivity contribution in [2.24, 2.45) is 0 Å². The van der Waals surface area contributed by atoms with E-state index < -0.39 is 12.0 Å². The van der Waals surface area contributed by atoms with Gasteiger partial charge < -0.3 is 14.5 Å². The fraction of sp³-hybridized carbons (Fsp3) is 0.417. The Morgan fingerprint density at radius 3 is 2.10 bits per heavy atom. The minimum atomic E-state index is -0.413. The summed E-state index contributed by atoms with van der Waals surface area (Å²) in [5.74, 6) is -1.13. The van der Waals surface area contributed by atoms with Crippen molar-refractivity contribution in [3.05, 3.63) is 70.3 Å². The van der Waals surface area contributed by atoms with Gasteiger partial charge in [-0.15, -0.1) is 0 Å². The molecule has 7 heteroatoms. The fourth-order valence-electron chi connectivity index (χ4n) is 4.97. The zero-order chi connectivity index (χ0) is 22.3. The lowest BCUT2D eigenvalue weighted by Crippen LogP contribution is -2.61. The van der Waals surface area contributed by atoms with Crippen LogP contribution in [0.15, 0.2) is 36.4 Å². The molecule has 2 aromatic carbocycles. The molecule has 5 nitrogen and oxygen atoms in total. The van der Waals surface area contributed by atoms with Crippen molar-refractivity contribution in [3.63, 3.8) is 0 Å². The number of amides is 1. The molecule has 1 atom stereocenters. The largest absolute Gasteiger partial charge is 0.469 e. The number of rotatable bonds is 2. The predicted molar refractivity (Wildman–Crippen MR) is 114 cm³/mol.